The fourth-order valence-electron chi connectivity index (χ4n) is 6.94. The highest BCUT2D eigenvalue weighted by Crippen LogP contribution is 2.66. The lowest BCUT2D eigenvalue weighted by atomic mass is 9.54. The van der Waals surface area contributed by atoms with Gasteiger partial charge in [-0.1, -0.05) is 0 Å². The van der Waals surface area contributed by atoms with Crippen molar-refractivity contribution in [3.63, 3.8) is 0 Å². The summed E-state index contributed by atoms with van der Waals surface area (Å²) in [4.78, 5) is 50.8. The van der Waals surface area contributed by atoms with Crippen LogP contribution in [0.3, 0.4) is 0 Å². The summed E-state index contributed by atoms with van der Waals surface area (Å²) in [5.74, 6) is -10.8. The molecule has 2 aliphatic heterocycles. The average Bonchev–Trinajstić information content (AvgIpc) is 3.06. The van der Waals surface area contributed by atoms with Crippen LogP contribution < -0.4 is 0 Å². The number of likely N-dealkylation sites (tertiary alicyclic amines) is 2. The quantitative estimate of drug-likeness (QED) is 0.448. The molecule has 6 nitrogen and oxygen atoms in total. The van der Waals surface area contributed by atoms with Crippen LogP contribution in [0.25, 0.3) is 0 Å². The zero-order valence-corrected chi connectivity index (χ0v) is 18.0. The van der Waals surface area contributed by atoms with Gasteiger partial charge >= 0.3 is 12.4 Å². The largest absolute Gasteiger partial charge is 0.403 e. The van der Waals surface area contributed by atoms with E-state index in [2.05, 4.69) is 0 Å². The molecule has 0 aromatic heterocycles. The summed E-state index contributed by atoms with van der Waals surface area (Å²) in [5, 5.41) is 0. The van der Waals surface area contributed by atoms with Gasteiger partial charge in [-0.15, -0.1) is 0 Å². The third-order valence-electron chi connectivity index (χ3n) is 8.52. The number of carbonyl (C=O) groups is 4. The van der Waals surface area contributed by atoms with Crippen molar-refractivity contribution in [3.8, 4) is 0 Å². The number of halogens is 6. The van der Waals surface area contributed by atoms with Crippen molar-refractivity contribution < 1.29 is 45.5 Å². The SMILES string of the molecule is CN1C(=O)C2CCC(C(C3CCC4C(=O)N(C)C(=O)C4C3)(C(F)(F)F)C(F)(F)F)CC2C1=O. The van der Waals surface area contributed by atoms with Crippen molar-refractivity contribution in [2.75, 3.05) is 14.1 Å². The summed E-state index contributed by atoms with van der Waals surface area (Å²) in [6, 6.07) is 0. The van der Waals surface area contributed by atoms with Gasteiger partial charge in [-0.3, -0.25) is 29.0 Å². The predicted molar refractivity (Wildman–Crippen MR) is 98.7 cm³/mol. The first-order valence-electron chi connectivity index (χ1n) is 10.9. The zero-order valence-electron chi connectivity index (χ0n) is 18.0. The molecule has 4 amide bonds. The minimum atomic E-state index is -5.70. The molecule has 12 heteroatoms. The Morgan fingerprint density at radius 1 is 0.576 bits per heavy atom. The molecule has 0 aromatic carbocycles. The average molecular weight is 482 g/mol. The molecule has 0 N–H and O–H groups in total. The molecule has 2 saturated carbocycles. The van der Waals surface area contributed by atoms with Gasteiger partial charge in [0.15, 0.2) is 5.41 Å². The Morgan fingerprint density at radius 2 is 0.879 bits per heavy atom. The smallest absolute Gasteiger partial charge is 0.285 e. The predicted octanol–water partition coefficient (Wildman–Crippen LogP) is 3.16. The van der Waals surface area contributed by atoms with Crippen LogP contribution >= 0.6 is 0 Å². The summed E-state index contributed by atoms with van der Waals surface area (Å²) in [6.07, 6.45) is -14.3. The summed E-state index contributed by atoms with van der Waals surface area (Å²) >= 11 is 0. The first kappa shape index (κ1) is 24.0. The lowest BCUT2D eigenvalue weighted by Crippen LogP contribution is -2.61. The fourth-order valence-corrected chi connectivity index (χ4v) is 6.94. The number of fused-ring (bicyclic) bond motifs is 2. The maximum atomic E-state index is 14.6. The van der Waals surface area contributed by atoms with E-state index in [4.69, 9.17) is 0 Å². The van der Waals surface area contributed by atoms with Gasteiger partial charge < -0.3 is 0 Å². The van der Waals surface area contributed by atoms with Gasteiger partial charge in [0.05, 0.1) is 23.7 Å². The molecule has 4 rings (SSSR count). The van der Waals surface area contributed by atoms with Gasteiger partial charge in [0.1, 0.15) is 0 Å². The monoisotopic (exact) mass is 482 g/mol. The third kappa shape index (κ3) is 3.14. The zero-order chi connectivity index (χ0) is 24.7. The highest BCUT2D eigenvalue weighted by atomic mass is 19.4. The molecule has 6 unspecified atom stereocenters. The van der Waals surface area contributed by atoms with E-state index in [0.29, 0.717) is 0 Å². The number of imide groups is 2. The van der Waals surface area contributed by atoms with Crippen molar-refractivity contribution in [2.45, 2.75) is 50.9 Å². The summed E-state index contributed by atoms with van der Waals surface area (Å²) in [5.41, 5.74) is -4.13. The Bertz CT molecular complexity index is 828. The Labute approximate surface area is 185 Å². The lowest BCUT2D eigenvalue weighted by molar-refractivity contribution is -0.383. The van der Waals surface area contributed by atoms with E-state index in [1.54, 1.807) is 0 Å². The topological polar surface area (TPSA) is 74.8 Å². The number of rotatable bonds is 2. The number of hydrogen-bond donors (Lipinski definition) is 0. The van der Waals surface area contributed by atoms with E-state index in [9.17, 15) is 45.5 Å². The van der Waals surface area contributed by atoms with Gasteiger partial charge in [-0.2, -0.15) is 26.3 Å². The second kappa shape index (κ2) is 7.43. The second-order valence-corrected chi connectivity index (χ2v) is 9.78. The molecule has 6 atom stereocenters. The molecule has 0 bridgehead atoms. The molecule has 0 aromatic rings. The number of carbonyl (C=O) groups excluding carboxylic acids is 4. The van der Waals surface area contributed by atoms with Crippen LogP contribution in [0, 0.1) is 40.9 Å². The summed E-state index contributed by atoms with van der Waals surface area (Å²) in [6.45, 7) is 0. The molecule has 0 radical (unpaired) electrons. The molecule has 184 valence electrons. The maximum Gasteiger partial charge on any atom is 0.403 e. The van der Waals surface area contributed by atoms with Crippen molar-refractivity contribution in [3.05, 3.63) is 0 Å². The number of hydrogen-bond acceptors (Lipinski definition) is 4. The van der Waals surface area contributed by atoms with Crippen LogP contribution in [0.15, 0.2) is 0 Å². The van der Waals surface area contributed by atoms with Crippen LogP contribution in [0.2, 0.25) is 0 Å². The van der Waals surface area contributed by atoms with E-state index < -0.39 is 103 Å². The highest BCUT2D eigenvalue weighted by molar-refractivity contribution is 6.05. The van der Waals surface area contributed by atoms with Crippen molar-refractivity contribution in [1.82, 2.24) is 9.80 Å². The molecule has 33 heavy (non-hydrogen) atoms. The first-order chi connectivity index (χ1) is 15.1. The van der Waals surface area contributed by atoms with Gasteiger partial charge in [0, 0.05) is 14.1 Å². The van der Waals surface area contributed by atoms with Gasteiger partial charge in [-0.05, 0) is 50.4 Å². The highest BCUT2D eigenvalue weighted by Gasteiger charge is 2.78. The second-order valence-electron chi connectivity index (χ2n) is 9.78. The van der Waals surface area contributed by atoms with Crippen LogP contribution in [0.1, 0.15) is 38.5 Å². The van der Waals surface area contributed by atoms with Crippen LogP contribution in [-0.4, -0.2) is 59.9 Å². The minimum absolute atomic E-state index is 0.239. The Morgan fingerprint density at radius 3 is 1.18 bits per heavy atom. The van der Waals surface area contributed by atoms with E-state index in [1.807, 2.05) is 0 Å². The molecule has 4 aliphatic rings. The van der Waals surface area contributed by atoms with Crippen molar-refractivity contribution in [2.24, 2.45) is 40.9 Å². The molecule has 2 aliphatic carbocycles. The summed E-state index contributed by atoms with van der Waals surface area (Å²) in [7, 11) is 2.36. The number of nitrogens with zero attached hydrogens (tertiary/aromatic N) is 2. The van der Waals surface area contributed by atoms with Crippen LogP contribution in [-0.2, 0) is 19.2 Å². The molecule has 2 saturated heterocycles. The summed E-state index contributed by atoms with van der Waals surface area (Å²) < 4.78 is 87.5. The molecule has 4 fully saturated rings. The third-order valence-corrected chi connectivity index (χ3v) is 8.52. The minimum Gasteiger partial charge on any atom is -0.285 e. The fraction of sp³-hybridized carbons (Fsp3) is 0.810. The molecule has 0 spiro atoms. The normalized spacial score (nSPS) is 35.9. The van der Waals surface area contributed by atoms with E-state index >= 15 is 0 Å². The van der Waals surface area contributed by atoms with Crippen molar-refractivity contribution in [1.29, 1.82) is 0 Å². The maximum absolute atomic E-state index is 14.6. The number of amides is 4. The van der Waals surface area contributed by atoms with Gasteiger partial charge in [0.2, 0.25) is 23.6 Å². The molecule has 2 heterocycles. The first-order valence-corrected chi connectivity index (χ1v) is 10.9. The Hall–Kier alpha value is -2.14. The van der Waals surface area contributed by atoms with E-state index in [0.717, 1.165) is 9.80 Å². The molecular weight excluding hydrogens is 458 g/mol. The van der Waals surface area contributed by atoms with Gasteiger partial charge in [0.25, 0.3) is 0 Å². The van der Waals surface area contributed by atoms with Crippen LogP contribution in [0.4, 0.5) is 26.3 Å². The van der Waals surface area contributed by atoms with Crippen molar-refractivity contribution >= 4 is 23.6 Å². The van der Waals surface area contributed by atoms with E-state index in [1.165, 1.54) is 14.1 Å². The number of alkyl halides is 6. The lowest BCUT2D eigenvalue weighted by Gasteiger charge is -2.52. The standard InChI is InChI=1S/C21H24F6N2O4/c1-28-15(30)11-5-3-9(7-13(11)17(28)32)19(20(22,23)24,21(25,26)27)10-4-6-12-14(8-10)18(33)29(2)16(12)31/h9-14H,3-8H2,1-2H3. The Balaban J connectivity index is 1.75. The Kier molecular flexibility index (Phi) is 5.40. The van der Waals surface area contributed by atoms with Gasteiger partial charge in [-0.25, -0.2) is 0 Å². The van der Waals surface area contributed by atoms with E-state index in [-0.39, 0.29) is 12.8 Å². The molecular formula is C21H24F6N2O4. The van der Waals surface area contributed by atoms with Crippen LogP contribution in [0.5, 0.6) is 0 Å².